The lowest BCUT2D eigenvalue weighted by atomic mass is 9.89. The summed E-state index contributed by atoms with van der Waals surface area (Å²) >= 11 is 0. The number of ether oxygens (including phenoxy) is 1. The van der Waals surface area contributed by atoms with Gasteiger partial charge in [-0.25, -0.2) is 0 Å². The van der Waals surface area contributed by atoms with Gasteiger partial charge in [-0.1, -0.05) is 43.2 Å². The first kappa shape index (κ1) is 13.1. The summed E-state index contributed by atoms with van der Waals surface area (Å²) < 4.78 is 6.42. The zero-order valence-corrected chi connectivity index (χ0v) is 12.3. The summed E-state index contributed by atoms with van der Waals surface area (Å²) in [7, 11) is 0. The van der Waals surface area contributed by atoms with Gasteiger partial charge in [-0.05, 0) is 39.2 Å². The first-order valence-corrected chi connectivity index (χ1v) is 7.56. The van der Waals surface area contributed by atoms with Crippen LogP contribution in [0.1, 0.15) is 58.2 Å². The topological polar surface area (TPSA) is 12.5 Å². The van der Waals surface area contributed by atoms with Crippen molar-refractivity contribution >= 4 is 0 Å². The smallest absolute Gasteiger partial charge is 0.137 e. The highest BCUT2D eigenvalue weighted by Crippen LogP contribution is 2.44. The number of rotatable bonds is 1. The zero-order valence-electron chi connectivity index (χ0n) is 12.3. The minimum atomic E-state index is 0.134. The van der Waals surface area contributed by atoms with Gasteiger partial charge in [0.15, 0.2) is 0 Å². The van der Waals surface area contributed by atoms with Crippen molar-refractivity contribution in [1.29, 1.82) is 0 Å². The molecule has 1 aliphatic carbocycles. The highest BCUT2D eigenvalue weighted by molar-refractivity contribution is 5.20. The van der Waals surface area contributed by atoms with Crippen molar-refractivity contribution in [1.82, 2.24) is 4.90 Å². The van der Waals surface area contributed by atoms with Crippen LogP contribution in [-0.4, -0.2) is 22.6 Å². The van der Waals surface area contributed by atoms with Gasteiger partial charge in [0.1, 0.15) is 6.23 Å². The number of nitrogens with zero attached hydrogens (tertiary/aromatic N) is 1. The van der Waals surface area contributed by atoms with Crippen molar-refractivity contribution < 1.29 is 4.74 Å². The molecule has 3 rings (SSSR count). The van der Waals surface area contributed by atoms with Crippen LogP contribution in [-0.2, 0) is 4.74 Å². The molecule has 2 fully saturated rings. The zero-order chi connectivity index (χ0) is 13.5. The molecule has 2 heteroatoms. The molecule has 0 aromatic heterocycles. The fourth-order valence-corrected chi connectivity index (χ4v) is 3.67. The summed E-state index contributed by atoms with van der Waals surface area (Å²) in [5.41, 5.74) is 1.45. The van der Waals surface area contributed by atoms with E-state index in [-0.39, 0.29) is 11.8 Å². The first-order chi connectivity index (χ1) is 9.07. The van der Waals surface area contributed by atoms with Gasteiger partial charge < -0.3 is 4.74 Å². The summed E-state index contributed by atoms with van der Waals surface area (Å²) in [5, 5.41) is 0. The number of benzene rings is 1. The van der Waals surface area contributed by atoms with E-state index in [9.17, 15) is 0 Å². The van der Waals surface area contributed by atoms with Crippen LogP contribution in [0.2, 0.25) is 0 Å². The number of hydrogen-bond donors (Lipinski definition) is 0. The lowest BCUT2D eigenvalue weighted by molar-refractivity contribution is -0.0341. The minimum Gasteiger partial charge on any atom is -0.354 e. The van der Waals surface area contributed by atoms with Gasteiger partial charge in [0, 0.05) is 11.6 Å². The van der Waals surface area contributed by atoms with Gasteiger partial charge in [0.05, 0.1) is 6.10 Å². The van der Waals surface area contributed by atoms with E-state index in [2.05, 4.69) is 56.0 Å². The SMILES string of the molecule is CC(C)(C)N1[C@@H]2CCCC[C@H]2O[C@H]1c1ccccc1. The molecule has 2 aliphatic rings. The third-order valence-corrected chi connectivity index (χ3v) is 4.44. The Labute approximate surface area is 116 Å². The average Bonchev–Trinajstić information content (AvgIpc) is 2.79. The van der Waals surface area contributed by atoms with Crippen LogP contribution in [0.4, 0.5) is 0 Å². The predicted molar refractivity (Wildman–Crippen MR) is 77.9 cm³/mol. The van der Waals surface area contributed by atoms with E-state index in [1.807, 2.05) is 0 Å². The Bertz CT molecular complexity index is 423. The van der Waals surface area contributed by atoms with Gasteiger partial charge in [-0.2, -0.15) is 0 Å². The molecular weight excluding hydrogens is 234 g/mol. The molecule has 0 N–H and O–H groups in total. The van der Waals surface area contributed by atoms with Gasteiger partial charge in [0.2, 0.25) is 0 Å². The molecule has 104 valence electrons. The van der Waals surface area contributed by atoms with Crippen molar-refractivity contribution in [3.63, 3.8) is 0 Å². The van der Waals surface area contributed by atoms with Crippen molar-refractivity contribution in [3.05, 3.63) is 35.9 Å². The van der Waals surface area contributed by atoms with E-state index in [0.29, 0.717) is 12.1 Å². The van der Waals surface area contributed by atoms with Gasteiger partial charge in [0.25, 0.3) is 0 Å². The molecule has 1 heterocycles. The molecule has 0 spiro atoms. The maximum atomic E-state index is 6.42. The van der Waals surface area contributed by atoms with E-state index in [1.165, 1.54) is 31.2 Å². The van der Waals surface area contributed by atoms with E-state index in [1.54, 1.807) is 0 Å². The summed E-state index contributed by atoms with van der Waals surface area (Å²) in [6.07, 6.45) is 5.73. The molecule has 3 atom stereocenters. The number of fused-ring (bicyclic) bond motifs is 1. The normalized spacial score (nSPS) is 32.3. The Morgan fingerprint density at radius 3 is 2.42 bits per heavy atom. The summed E-state index contributed by atoms with van der Waals surface area (Å²) in [6, 6.07) is 11.3. The lowest BCUT2D eigenvalue weighted by Gasteiger charge is -2.41. The molecule has 0 bridgehead atoms. The third kappa shape index (κ3) is 2.44. The van der Waals surface area contributed by atoms with Gasteiger partial charge in [-0.15, -0.1) is 0 Å². The van der Waals surface area contributed by atoms with Crippen molar-refractivity contribution in [2.24, 2.45) is 0 Å². The highest BCUT2D eigenvalue weighted by atomic mass is 16.5. The molecule has 2 nitrogen and oxygen atoms in total. The molecule has 1 aliphatic heterocycles. The average molecular weight is 259 g/mol. The molecule has 0 amide bonds. The number of hydrogen-bond acceptors (Lipinski definition) is 2. The van der Waals surface area contributed by atoms with E-state index in [0.717, 1.165) is 0 Å². The Morgan fingerprint density at radius 1 is 1.05 bits per heavy atom. The van der Waals surface area contributed by atoms with E-state index in [4.69, 9.17) is 4.74 Å². The van der Waals surface area contributed by atoms with Crippen molar-refractivity contribution in [3.8, 4) is 0 Å². The summed E-state index contributed by atoms with van der Waals surface area (Å²) in [6.45, 7) is 6.93. The molecule has 19 heavy (non-hydrogen) atoms. The molecule has 1 saturated carbocycles. The van der Waals surface area contributed by atoms with Crippen LogP contribution in [0.5, 0.6) is 0 Å². The van der Waals surface area contributed by atoms with E-state index < -0.39 is 0 Å². The minimum absolute atomic E-state index is 0.134. The quantitative estimate of drug-likeness (QED) is 0.752. The van der Waals surface area contributed by atoms with Crippen LogP contribution in [0.15, 0.2) is 30.3 Å². The van der Waals surface area contributed by atoms with Crippen molar-refractivity contribution in [2.45, 2.75) is 70.4 Å². The predicted octanol–water partition coefficient (Wildman–Crippen LogP) is 4.13. The Morgan fingerprint density at radius 2 is 1.74 bits per heavy atom. The fraction of sp³-hybridized carbons (Fsp3) is 0.647. The molecule has 1 saturated heterocycles. The van der Waals surface area contributed by atoms with Crippen LogP contribution < -0.4 is 0 Å². The second-order valence-electron chi connectivity index (χ2n) is 6.87. The molecule has 0 unspecified atom stereocenters. The maximum absolute atomic E-state index is 6.42. The second kappa shape index (κ2) is 4.92. The Kier molecular flexibility index (Phi) is 3.40. The summed E-state index contributed by atoms with van der Waals surface area (Å²) in [4.78, 5) is 2.60. The molecule has 0 radical (unpaired) electrons. The van der Waals surface area contributed by atoms with Crippen LogP contribution >= 0.6 is 0 Å². The van der Waals surface area contributed by atoms with Crippen LogP contribution in [0, 0.1) is 0 Å². The Balaban J connectivity index is 1.94. The van der Waals surface area contributed by atoms with Crippen molar-refractivity contribution in [2.75, 3.05) is 0 Å². The van der Waals surface area contributed by atoms with Crippen LogP contribution in [0.25, 0.3) is 0 Å². The van der Waals surface area contributed by atoms with Crippen LogP contribution in [0.3, 0.4) is 0 Å². The molecule has 1 aromatic carbocycles. The standard InChI is InChI=1S/C17H25NO/c1-17(2,3)18-14-11-7-8-12-15(14)19-16(18)13-9-5-4-6-10-13/h4-6,9-10,14-16H,7-8,11-12H2,1-3H3/t14-,15-,16+/m1/s1. The van der Waals surface area contributed by atoms with Gasteiger partial charge >= 0.3 is 0 Å². The third-order valence-electron chi connectivity index (χ3n) is 4.44. The molecule has 1 aromatic rings. The maximum Gasteiger partial charge on any atom is 0.137 e. The molecular formula is C17H25NO. The van der Waals surface area contributed by atoms with Gasteiger partial charge in [-0.3, -0.25) is 4.90 Å². The Hall–Kier alpha value is -0.860. The highest BCUT2D eigenvalue weighted by Gasteiger charge is 2.47. The fourth-order valence-electron chi connectivity index (χ4n) is 3.67. The first-order valence-electron chi connectivity index (χ1n) is 7.56. The van der Waals surface area contributed by atoms with E-state index >= 15 is 0 Å². The second-order valence-corrected chi connectivity index (χ2v) is 6.87. The summed E-state index contributed by atoms with van der Waals surface area (Å²) in [5.74, 6) is 0. The largest absolute Gasteiger partial charge is 0.354 e. The monoisotopic (exact) mass is 259 g/mol. The lowest BCUT2D eigenvalue weighted by Crippen LogP contribution is -2.48.